The van der Waals surface area contributed by atoms with Gasteiger partial charge in [0.05, 0.1) is 6.54 Å². The van der Waals surface area contributed by atoms with Crippen LogP contribution in [-0.2, 0) is 0 Å². The van der Waals surface area contributed by atoms with Crippen LogP contribution >= 0.6 is 0 Å². The van der Waals surface area contributed by atoms with Gasteiger partial charge >= 0.3 is 0 Å². The topological polar surface area (TPSA) is 57.1 Å². The van der Waals surface area contributed by atoms with E-state index in [9.17, 15) is 0 Å². The minimum absolute atomic E-state index is 0.319. The van der Waals surface area contributed by atoms with E-state index in [-0.39, 0.29) is 5.54 Å². The molecule has 0 aliphatic carbocycles. The maximum absolute atomic E-state index is 8.84. The Bertz CT molecular complexity index is 97.2. The lowest BCUT2D eigenvalue weighted by atomic mass is 10.0. The smallest absolute Gasteiger partial charge is 0.208 e. The first-order chi connectivity index (χ1) is 4.15. The lowest BCUT2D eigenvalue weighted by Crippen LogP contribution is -2.95. The van der Waals surface area contributed by atoms with Crippen molar-refractivity contribution in [2.75, 3.05) is 6.54 Å². The molecule has 0 bridgehead atoms. The van der Waals surface area contributed by atoms with E-state index < -0.39 is 6.29 Å². The molecule has 3 heteroatoms. The average Bonchev–Trinajstić information content (AvgIpc) is 2.16. The number of quaternary nitrogens is 1. The Morgan fingerprint density at radius 2 is 2.22 bits per heavy atom. The van der Waals surface area contributed by atoms with E-state index in [4.69, 9.17) is 10.2 Å². The van der Waals surface area contributed by atoms with Crippen molar-refractivity contribution in [3.05, 3.63) is 0 Å². The third-order valence-electron chi connectivity index (χ3n) is 2.12. The molecule has 4 N–H and O–H groups in total. The molecule has 1 saturated heterocycles. The number of hydrogen-bond donors (Lipinski definition) is 3. The van der Waals surface area contributed by atoms with Gasteiger partial charge in [0.2, 0.25) is 6.29 Å². The Morgan fingerprint density at radius 3 is 2.44 bits per heavy atom. The molecule has 3 nitrogen and oxygen atoms in total. The Kier molecular flexibility index (Phi) is 1.75. The van der Waals surface area contributed by atoms with Crippen molar-refractivity contribution < 1.29 is 15.5 Å². The van der Waals surface area contributed by atoms with Gasteiger partial charge < -0.3 is 15.5 Å². The number of aliphatic hydroxyl groups is 2. The standard InChI is InChI=1S/C6H13NO2/c1-6(5(8)9)3-2-4-7-6/h5,7-9H,2-4H2,1H3/p+1. The van der Waals surface area contributed by atoms with Crippen LogP contribution in [0.25, 0.3) is 0 Å². The zero-order chi connectivity index (χ0) is 6.91. The third kappa shape index (κ3) is 1.23. The lowest BCUT2D eigenvalue weighted by molar-refractivity contribution is -0.719. The molecule has 1 atom stereocenters. The van der Waals surface area contributed by atoms with Crippen LogP contribution in [0.5, 0.6) is 0 Å². The van der Waals surface area contributed by atoms with Crippen LogP contribution in [0.4, 0.5) is 0 Å². The summed E-state index contributed by atoms with van der Waals surface area (Å²) in [7, 11) is 0. The highest BCUT2D eigenvalue weighted by Gasteiger charge is 2.38. The molecule has 54 valence electrons. The fourth-order valence-electron chi connectivity index (χ4n) is 1.25. The van der Waals surface area contributed by atoms with Crippen molar-refractivity contribution in [2.24, 2.45) is 0 Å². The predicted octanol–water partition coefficient (Wildman–Crippen LogP) is -1.59. The minimum Gasteiger partial charge on any atom is -0.363 e. The SMILES string of the molecule is CC1(C(O)O)CCC[NH2+]1. The van der Waals surface area contributed by atoms with E-state index >= 15 is 0 Å². The Labute approximate surface area is 54.7 Å². The van der Waals surface area contributed by atoms with Gasteiger partial charge in [0, 0.05) is 12.8 Å². The monoisotopic (exact) mass is 132 g/mol. The molecule has 0 aromatic rings. The Morgan fingerprint density at radius 1 is 1.56 bits per heavy atom. The first kappa shape index (κ1) is 6.99. The van der Waals surface area contributed by atoms with E-state index in [2.05, 4.69) is 0 Å². The molecule has 0 saturated carbocycles. The third-order valence-corrected chi connectivity index (χ3v) is 2.12. The van der Waals surface area contributed by atoms with Crippen molar-refractivity contribution in [3.8, 4) is 0 Å². The van der Waals surface area contributed by atoms with Crippen LogP contribution < -0.4 is 5.32 Å². The van der Waals surface area contributed by atoms with E-state index in [1.807, 2.05) is 12.2 Å². The van der Waals surface area contributed by atoms with E-state index in [0.29, 0.717) is 0 Å². The summed E-state index contributed by atoms with van der Waals surface area (Å²) in [5.41, 5.74) is -0.319. The predicted molar refractivity (Wildman–Crippen MR) is 32.7 cm³/mol. The van der Waals surface area contributed by atoms with Crippen LogP contribution in [0.1, 0.15) is 19.8 Å². The largest absolute Gasteiger partial charge is 0.363 e. The fraction of sp³-hybridized carbons (Fsp3) is 1.00. The molecule has 1 heterocycles. The summed E-state index contributed by atoms with van der Waals surface area (Å²) in [5.74, 6) is 0. The van der Waals surface area contributed by atoms with Gasteiger partial charge in [-0.15, -0.1) is 0 Å². The van der Waals surface area contributed by atoms with Crippen molar-refractivity contribution in [3.63, 3.8) is 0 Å². The zero-order valence-corrected chi connectivity index (χ0v) is 5.67. The summed E-state index contributed by atoms with van der Waals surface area (Å²) >= 11 is 0. The molecular weight excluding hydrogens is 118 g/mol. The van der Waals surface area contributed by atoms with Crippen LogP contribution in [-0.4, -0.2) is 28.6 Å². The van der Waals surface area contributed by atoms with E-state index in [0.717, 1.165) is 19.4 Å². The van der Waals surface area contributed by atoms with E-state index in [1.165, 1.54) is 0 Å². The summed E-state index contributed by atoms with van der Waals surface area (Å²) in [6.45, 7) is 2.90. The highest BCUT2D eigenvalue weighted by molar-refractivity contribution is 4.76. The minimum atomic E-state index is -1.17. The molecule has 9 heavy (non-hydrogen) atoms. The van der Waals surface area contributed by atoms with Gasteiger partial charge in [-0.05, 0) is 6.92 Å². The molecule has 0 amide bonds. The molecule has 1 fully saturated rings. The van der Waals surface area contributed by atoms with Gasteiger partial charge in [0.25, 0.3) is 0 Å². The number of nitrogens with two attached hydrogens (primary N) is 1. The summed E-state index contributed by atoms with van der Waals surface area (Å²) in [4.78, 5) is 0. The highest BCUT2D eigenvalue weighted by Crippen LogP contribution is 2.13. The van der Waals surface area contributed by atoms with Crippen molar-refractivity contribution in [1.29, 1.82) is 0 Å². The van der Waals surface area contributed by atoms with Gasteiger partial charge in [-0.3, -0.25) is 0 Å². The molecule has 1 unspecified atom stereocenters. The lowest BCUT2D eigenvalue weighted by Gasteiger charge is -2.21. The maximum Gasteiger partial charge on any atom is 0.208 e. The summed E-state index contributed by atoms with van der Waals surface area (Å²) in [5, 5.41) is 19.7. The summed E-state index contributed by atoms with van der Waals surface area (Å²) in [6, 6.07) is 0. The zero-order valence-electron chi connectivity index (χ0n) is 5.67. The molecule has 0 spiro atoms. The molecule has 1 rings (SSSR count). The molecular formula is C6H14NO2+. The van der Waals surface area contributed by atoms with Crippen LogP contribution in [0.15, 0.2) is 0 Å². The van der Waals surface area contributed by atoms with Crippen LogP contribution in [0, 0.1) is 0 Å². The molecule has 1 aliphatic rings. The van der Waals surface area contributed by atoms with Gasteiger partial charge in [0.1, 0.15) is 5.54 Å². The second kappa shape index (κ2) is 2.25. The first-order valence-corrected chi connectivity index (χ1v) is 3.36. The van der Waals surface area contributed by atoms with Crippen molar-refractivity contribution in [2.45, 2.75) is 31.6 Å². The Hall–Kier alpha value is -0.120. The highest BCUT2D eigenvalue weighted by atomic mass is 16.5. The van der Waals surface area contributed by atoms with Gasteiger partial charge in [-0.1, -0.05) is 0 Å². The van der Waals surface area contributed by atoms with Gasteiger partial charge in [0.15, 0.2) is 0 Å². The average molecular weight is 132 g/mol. The second-order valence-corrected chi connectivity index (χ2v) is 2.98. The van der Waals surface area contributed by atoms with Crippen molar-refractivity contribution in [1.82, 2.24) is 0 Å². The van der Waals surface area contributed by atoms with Crippen LogP contribution in [0.3, 0.4) is 0 Å². The molecule has 0 aromatic heterocycles. The number of rotatable bonds is 1. The van der Waals surface area contributed by atoms with Gasteiger partial charge in [-0.25, -0.2) is 0 Å². The number of hydrogen-bond acceptors (Lipinski definition) is 2. The summed E-state index contributed by atoms with van der Waals surface area (Å²) in [6.07, 6.45) is 0.832. The van der Waals surface area contributed by atoms with Crippen LogP contribution in [0.2, 0.25) is 0 Å². The number of aliphatic hydroxyl groups excluding tert-OH is 1. The Balaban J connectivity index is 2.51. The second-order valence-electron chi connectivity index (χ2n) is 2.98. The maximum atomic E-state index is 8.84. The van der Waals surface area contributed by atoms with Gasteiger partial charge in [-0.2, -0.15) is 0 Å². The van der Waals surface area contributed by atoms with E-state index in [1.54, 1.807) is 0 Å². The van der Waals surface area contributed by atoms with Crippen molar-refractivity contribution >= 4 is 0 Å². The fourth-order valence-corrected chi connectivity index (χ4v) is 1.25. The molecule has 0 aromatic carbocycles. The normalized spacial score (nSPS) is 36.0. The first-order valence-electron chi connectivity index (χ1n) is 3.36. The summed E-state index contributed by atoms with van der Waals surface area (Å²) < 4.78 is 0. The molecule has 1 aliphatic heterocycles. The molecule has 0 radical (unpaired) electrons. The quantitative estimate of drug-likeness (QED) is 0.377.